The molecule has 36 heavy (non-hydrogen) atoms. The Kier molecular flexibility index (Phi) is 8.16. The van der Waals surface area contributed by atoms with E-state index < -0.39 is 11.8 Å². The van der Waals surface area contributed by atoms with Crippen LogP contribution >= 0.6 is 22.6 Å². The Balaban J connectivity index is 1.49. The minimum absolute atomic E-state index is 0.318. The molecule has 9 nitrogen and oxygen atoms in total. The normalized spacial score (nSPS) is 10.5. The number of ether oxygens (including phenoxy) is 3. The van der Waals surface area contributed by atoms with E-state index in [4.69, 9.17) is 14.2 Å². The molecule has 2 heterocycles. The number of nitrogens with zero attached hydrogens (tertiary/aromatic N) is 2. The van der Waals surface area contributed by atoms with Crippen molar-refractivity contribution in [1.29, 1.82) is 0 Å². The number of hydrogen-bond acceptors (Lipinski definition) is 7. The van der Waals surface area contributed by atoms with E-state index in [0.29, 0.717) is 44.4 Å². The van der Waals surface area contributed by atoms with Gasteiger partial charge in [-0.05, 0) is 30.3 Å². The van der Waals surface area contributed by atoms with Crippen LogP contribution in [0.15, 0.2) is 67.0 Å². The lowest BCUT2D eigenvalue weighted by Crippen LogP contribution is -2.21. The number of nitrogens with one attached hydrogen (secondary N) is 2. The number of anilines is 2. The number of alkyl halides is 1. The lowest BCUT2D eigenvalue weighted by atomic mass is 10.2. The van der Waals surface area contributed by atoms with Crippen molar-refractivity contribution in [2.75, 3.05) is 24.9 Å². The molecule has 10 heteroatoms. The number of pyridine rings is 2. The molecule has 184 valence electrons. The van der Waals surface area contributed by atoms with Gasteiger partial charge < -0.3 is 24.8 Å². The van der Waals surface area contributed by atoms with Crippen molar-refractivity contribution in [3.05, 3.63) is 72.6 Å². The summed E-state index contributed by atoms with van der Waals surface area (Å²) in [6, 6.07) is 16.1. The number of carbonyl (C=O) groups is 2. The minimum Gasteiger partial charge on any atom is -0.493 e. The summed E-state index contributed by atoms with van der Waals surface area (Å²) in [5.41, 5.74) is 2.55. The standard InChI is InChI=1S/C26H23IN4O5/c1-34-22-11-19-20(12-23(22)35-2)28-9-8-21(19)36-26-16(14-27)10-18(15-29-26)31-25(33)13-24(32)30-17-6-4-3-5-7-17/h3-12,15H,13-14H2,1-2H3,(H,30,32)(H,31,33). The summed E-state index contributed by atoms with van der Waals surface area (Å²) in [5.74, 6) is 1.22. The molecular formula is C26H23IN4O5. The van der Waals surface area contributed by atoms with Crippen molar-refractivity contribution in [2.24, 2.45) is 0 Å². The predicted molar refractivity (Wildman–Crippen MR) is 145 cm³/mol. The molecule has 4 rings (SSSR count). The first-order valence-electron chi connectivity index (χ1n) is 10.9. The highest BCUT2D eigenvalue weighted by Crippen LogP contribution is 2.37. The Hall–Kier alpha value is -3.93. The fourth-order valence-electron chi connectivity index (χ4n) is 3.47. The molecule has 4 aromatic rings. The van der Waals surface area contributed by atoms with E-state index in [-0.39, 0.29) is 6.42 Å². The number of rotatable bonds is 9. The Labute approximate surface area is 221 Å². The minimum atomic E-state index is -0.445. The Bertz CT molecular complexity index is 1400. The van der Waals surface area contributed by atoms with Gasteiger partial charge in [0.2, 0.25) is 17.7 Å². The van der Waals surface area contributed by atoms with Gasteiger partial charge in [-0.3, -0.25) is 14.6 Å². The summed E-state index contributed by atoms with van der Waals surface area (Å²) in [5, 5.41) is 6.14. The lowest BCUT2D eigenvalue weighted by Gasteiger charge is -2.14. The molecule has 0 saturated heterocycles. The zero-order chi connectivity index (χ0) is 25.5. The quantitative estimate of drug-likeness (QED) is 0.152. The van der Waals surface area contributed by atoms with Gasteiger partial charge in [-0.25, -0.2) is 4.98 Å². The van der Waals surface area contributed by atoms with Crippen molar-refractivity contribution in [3.63, 3.8) is 0 Å². The number of aromatic nitrogens is 2. The van der Waals surface area contributed by atoms with E-state index in [1.54, 1.807) is 68.9 Å². The SMILES string of the molecule is COc1cc2nccc(Oc3ncc(NC(=O)CC(=O)Nc4ccccc4)cc3CI)c2cc1OC. The summed E-state index contributed by atoms with van der Waals surface area (Å²) in [6.07, 6.45) is 2.81. The van der Waals surface area contributed by atoms with E-state index in [2.05, 4.69) is 43.2 Å². The highest BCUT2D eigenvalue weighted by molar-refractivity contribution is 14.1. The molecule has 0 unspecified atom stereocenters. The number of benzene rings is 2. The van der Waals surface area contributed by atoms with Gasteiger partial charge in [0.05, 0.1) is 31.6 Å². The summed E-state index contributed by atoms with van der Waals surface area (Å²) >= 11 is 2.20. The second kappa shape index (κ2) is 11.7. The molecule has 0 aliphatic rings. The van der Waals surface area contributed by atoms with Crippen LogP contribution in [-0.2, 0) is 14.0 Å². The van der Waals surface area contributed by atoms with Gasteiger partial charge in [0.25, 0.3) is 0 Å². The molecule has 0 bridgehead atoms. The third kappa shape index (κ3) is 6.00. The van der Waals surface area contributed by atoms with Crippen molar-refractivity contribution in [2.45, 2.75) is 10.8 Å². The van der Waals surface area contributed by atoms with Gasteiger partial charge in [-0.1, -0.05) is 40.8 Å². The zero-order valence-electron chi connectivity index (χ0n) is 19.6. The van der Waals surface area contributed by atoms with E-state index in [9.17, 15) is 9.59 Å². The second-order valence-corrected chi connectivity index (χ2v) is 8.36. The van der Waals surface area contributed by atoms with E-state index in [1.165, 1.54) is 6.20 Å². The van der Waals surface area contributed by atoms with Gasteiger partial charge >= 0.3 is 0 Å². The van der Waals surface area contributed by atoms with Gasteiger partial charge in [0.1, 0.15) is 12.2 Å². The van der Waals surface area contributed by atoms with Crippen molar-refractivity contribution in [3.8, 4) is 23.1 Å². The maximum Gasteiger partial charge on any atom is 0.233 e. The first-order chi connectivity index (χ1) is 17.5. The fraction of sp³-hybridized carbons (Fsp3) is 0.154. The van der Waals surface area contributed by atoms with E-state index >= 15 is 0 Å². The highest BCUT2D eigenvalue weighted by atomic mass is 127. The summed E-state index contributed by atoms with van der Waals surface area (Å²) in [7, 11) is 3.13. The number of methoxy groups -OCH3 is 2. The molecule has 0 aliphatic carbocycles. The number of amides is 2. The van der Waals surface area contributed by atoms with Crippen LogP contribution in [0.1, 0.15) is 12.0 Å². The topological polar surface area (TPSA) is 112 Å². The molecule has 2 N–H and O–H groups in total. The third-order valence-corrected chi connectivity index (χ3v) is 5.97. The second-order valence-electron chi connectivity index (χ2n) is 7.60. The molecule has 0 fully saturated rings. The van der Waals surface area contributed by atoms with Crippen LogP contribution in [0, 0.1) is 0 Å². The molecule has 0 aliphatic heterocycles. The van der Waals surface area contributed by atoms with Crippen LogP contribution in [0.2, 0.25) is 0 Å². The number of para-hydroxylation sites is 1. The monoisotopic (exact) mass is 598 g/mol. The van der Waals surface area contributed by atoms with Crippen LogP contribution in [0.5, 0.6) is 23.1 Å². The van der Waals surface area contributed by atoms with Crippen molar-refractivity contribution in [1.82, 2.24) is 9.97 Å². The van der Waals surface area contributed by atoms with Gasteiger partial charge in [-0.2, -0.15) is 0 Å². The molecule has 2 aromatic carbocycles. The summed E-state index contributed by atoms with van der Waals surface area (Å²) in [4.78, 5) is 33.3. The molecule has 0 radical (unpaired) electrons. The first-order valence-corrected chi connectivity index (χ1v) is 12.4. The van der Waals surface area contributed by atoms with E-state index in [0.717, 1.165) is 10.9 Å². The van der Waals surface area contributed by atoms with Crippen LogP contribution in [0.4, 0.5) is 11.4 Å². The summed E-state index contributed by atoms with van der Waals surface area (Å²) < 4.78 is 17.5. The number of fused-ring (bicyclic) bond motifs is 1. The van der Waals surface area contributed by atoms with Gasteiger partial charge in [-0.15, -0.1) is 0 Å². The Morgan fingerprint density at radius 2 is 1.56 bits per heavy atom. The first kappa shape index (κ1) is 25.2. The molecular weight excluding hydrogens is 575 g/mol. The average Bonchev–Trinajstić information content (AvgIpc) is 2.89. The third-order valence-electron chi connectivity index (χ3n) is 5.15. The molecule has 0 atom stereocenters. The number of carbonyl (C=O) groups excluding carboxylic acids is 2. The number of hydrogen-bond donors (Lipinski definition) is 2. The predicted octanol–water partition coefficient (Wildman–Crippen LogP) is 5.34. The van der Waals surface area contributed by atoms with Crippen LogP contribution in [0.3, 0.4) is 0 Å². The Morgan fingerprint density at radius 3 is 2.25 bits per heavy atom. The smallest absolute Gasteiger partial charge is 0.233 e. The zero-order valence-corrected chi connectivity index (χ0v) is 21.7. The van der Waals surface area contributed by atoms with Crippen molar-refractivity contribution < 1.29 is 23.8 Å². The van der Waals surface area contributed by atoms with Gasteiger partial charge in [0, 0.05) is 33.3 Å². The highest BCUT2D eigenvalue weighted by Gasteiger charge is 2.15. The van der Waals surface area contributed by atoms with Gasteiger partial charge in [0.15, 0.2) is 11.5 Å². The maximum atomic E-state index is 12.4. The number of halogens is 1. The maximum absolute atomic E-state index is 12.4. The van der Waals surface area contributed by atoms with Crippen LogP contribution in [0.25, 0.3) is 10.9 Å². The van der Waals surface area contributed by atoms with Crippen LogP contribution in [-0.4, -0.2) is 36.0 Å². The molecule has 0 saturated carbocycles. The van der Waals surface area contributed by atoms with Crippen molar-refractivity contribution >= 4 is 56.7 Å². The summed E-state index contributed by atoms with van der Waals surface area (Å²) in [6.45, 7) is 0. The van der Waals surface area contributed by atoms with E-state index in [1.807, 2.05) is 6.07 Å². The molecule has 0 spiro atoms. The van der Waals surface area contributed by atoms with Crippen LogP contribution < -0.4 is 24.8 Å². The largest absolute Gasteiger partial charge is 0.493 e. The lowest BCUT2D eigenvalue weighted by molar-refractivity contribution is -0.123. The fourth-order valence-corrected chi connectivity index (χ4v) is 4.02. The average molecular weight is 598 g/mol. The Morgan fingerprint density at radius 1 is 0.861 bits per heavy atom. The molecule has 2 amide bonds. The molecule has 2 aromatic heterocycles.